The van der Waals surface area contributed by atoms with E-state index in [0.717, 1.165) is 5.56 Å². The molecule has 0 aliphatic heterocycles. The van der Waals surface area contributed by atoms with E-state index in [2.05, 4.69) is 15.4 Å². The van der Waals surface area contributed by atoms with Crippen LogP contribution in [0.25, 0.3) is 0 Å². The van der Waals surface area contributed by atoms with Gasteiger partial charge < -0.3 is 14.8 Å². The lowest BCUT2D eigenvalue weighted by Crippen LogP contribution is -2.15. The van der Waals surface area contributed by atoms with Gasteiger partial charge in [0.1, 0.15) is 6.61 Å². The SMILES string of the molecule is COCCOc1ccc(NC(=O)CCn2cc(C)cn2)cn1. The van der Waals surface area contributed by atoms with E-state index in [1.54, 1.807) is 36.3 Å². The number of anilines is 1. The van der Waals surface area contributed by atoms with Crippen LogP contribution in [0.15, 0.2) is 30.7 Å². The lowest BCUT2D eigenvalue weighted by Gasteiger charge is -2.07. The van der Waals surface area contributed by atoms with Gasteiger partial charge in [-0.25, -0.2) is 4.98 Å². The van der Waals surface area contributed by atoms with E-state index in [0.29, 0.717) is 37.7 Å². The van der Waals surface area contributed by atoms with E-state index in [4.69, 9.17) is 9.47 Å². The maximum Gasteiger partial charge on any atom is 0.226 e. The molecule has 0 bridgehead atoms. The molecule has 2 rings (SSSR count). The largest absolute Gasteiger partial charge is 0.475 e. The topological polar surface area (TPSA) is 78.3 Å². The predicted molar refractivity (Wildman–Crippen MR) is 81.8 cm³/mol. The number of carbonyl (C=O) groups excluding carboxylic acids is 1. The van der Waals surface area contributed by atoms with E-state index in [1.165, 1.54) is 0 Å². The van der Waals surface area contributed by atoms with Crippen molar-refractivity contribution < 1.29 is 14.3 Å². The maximum absolute atomic E-state index is 11.9. The number of aromatic nitrogens is 3. The van der Waals surface area contributed by atoms with Gasteiger partial charge in [0.15, 0.2) is 0 Å². The Kier molecular flexibility index (Phi) is 5.91. The summed E-state index contributed by atoms with van der Waals surface area (Å²) in [6, 6.07) is 3.47. The van der Waals surface area contributed by atoms with Crippen LogP contribution in [-0.2, 0) is 16.1 Å². The standard InChI is InChI=1S/C15H20N4O3/c1-12-9-17-19(11-12)6-5-14(20)18-13-3-4-15(16-10-13)22-8-7-21-2/h3-4,9-11H,5-8H2,1-2H3,(H,18,20). The molecule has 7 nitrogen and oxygen atoms in total. The average Bonchev–Trinajstić information content (AvgIpc) is 2.93. The number of ether oxygens (including phenoxy) is 2. The Balaban J connectivity index is 1.76. The number of nitrogens with one attached hydrogen (secondary N) is 1. The van der Waals surface area contributed by atoms with Crippen LogP contribution in [0, 0.1) is 6.92 Å². The van der Waals surface area contributed by atoms with Crippen LogP contribution in [0.3, 0.4) is 0 Å². The minimum Gasteiger partial charge on any atom is -0.475 e. The molecule has 0 spiro atoms. The molecule has 0 aliphatic carbocycles. The molecule has 118 valence electrons. The summed E-state index contributed by atoms with van der Waals surface area (Å²) in [6.07, 6.45) is 5.59. The number of amides is 1. The van der Waals surface area contributed by atoms with Gasteiger partial charge in [-0.05, 0) is 18.6 Å². The Labute approximate surface area is 129 Å². The zero-order valence-corrected chi connectivity index (χ0v) is 12.8. The van der Waals surface area contributed by atoms with Crippen LogP contribution in [-0.4, -0.2) is 41.0 Å². The van der Waals surface area contributed by atoms with Crippen molar-refractivity contribution in [2.75, 3.05) is 25.6 Å². The van der Waals surface area contributed by atoms with Crippen molar-refractivity contribution in [3.8, 4) is 5.88 Å². The minimum absolute atomic E-state index is 0.0806. The smallest absolute Gasteiger partial charge is 0.226 e. The summed E-state index contributed by atoms with van der Waals surface area (Å²) >= 11 is 0. The molecule has 0 saturated carbocycles. The number of methoxy groups -OCH3 is 1. The molecule has 7 heteroatoms. The summed E-state index contributed by atoms with van der Waals surface area (Å²) in [4.78, 5) is 16.0. The van der Waals surface area contributed by atoms with Crippen molar-refractivity contribution in [3.05, 3.63) is 36.3 Å². The number of aryl methyl sites for hydroxylation is 2. The predicted octanol–water partition coefficient (Wildman–Crippen LogP) is 1.64. The third kappa shape index (κ3) is 5.17. The van der Waals surface area contributed by atoms with Crippen LogP contribution in [0.4, 0.5) is 5.69 Å². The highest BCUT2D eigenvalue weighted by molar-refractivity contribution is 5.90. The van der Waals surface area contributed by atoms with E-state index < -0.39 is 0 Å². The molecular weight excluding hydrogens is 284 g/mol. The molecule has 0 radical (unpaired) electrons. The summed E-state index contributed by atoms with van der Waals surface area (Å²) in [5, 5.41) is 6.93. The molecule has 2 aromatic rings. The molecule has 0 unspecified atom stereocenters. The summed E-state index contributed by atoms with van der Waals surface area (Å²) in [5.41, 5.74) is 1.72. The van der Waals surface area contributed by atoms with Gasteiger partial charge in [-0.3, -0.25) is 9.48 Å². The summed E-state index contributed by atoms with van der Waals surface area (Å²) in [6.45, 7) is 3.46. The fourth-order valence-electron chi connectivity index (χ4n) is 1.80. The highest BCUT2D eigenvalue weighted by atomic mass is 16.5. The Morgan fingerprint density at radius 2 is 2.18 bits per heavy atom. The van der Waals surface area contributed by atoms with Crippen molar-refractivity contribution in [1.29, 1.82) is 0 Å². The molecule has 0 saturated heterocycles. The van der Waals surface area contributed by atoms with E-state index in [1.807, 2.05) is 13.1 Å². The Morgan fingerprint density at radius 1 is 1.32 bits per heavy atom. The molecule has 2 heterocycles. The van der Waals surface area contributed by atoms with Gasteiger partial charge in [-0.1, -0.05) is 0 Å². The first kappa shape index (κ1) is 16.0. The minimum atomic E-state index is -0.0806. The number of rotatable bonds is 8. The lowest BCUT2D eigenvalue weighted by atomic mass is 10.3. The van der Waals surface area contributed by atoms with Crippen molar-refractivity contribution in [1.82, 2.24) is 14.8 Å². The van der Waals surface area contributed by atoms with Crippen molar-refractivity contribution >= 4 is 11.6 Å². The second kappa shape index (κ2) is 8.14. The van der Waals surface area contributed by atoms with Crippen molar-refractivity contribution in [2.24, 2.45) is 0 Å². The van der Waals surface area contributed by atoms with Crippen LogP contribution < -0.4 is 10.1 Å². The molecule has 2 aromatic heterocycles. The summed E-state index contributed by atoms with van der Waals surface area (Å²) in [7, 11) is 1.61. The van der Waals surface area contributed by atoms with Crippen molar-refractivity contribution in [2.45, 2.75) is 19.9 Å². The zero-order chi connectivity index (χ0) is 15.8. The quantitative estimate of drug-likeness (QED) is 0.750. The summed E-state index contributed by atoms with van der Waals surface area (Å²) < 4.78 is 12.0. The maximum atomic E-state index is 11.9. The van der Waals surface area contributed by atoms with Gasteiger partial charge in [-0.15, -0.1) is 0 Å². The monoisotopic (exact) mass is 304 g/mol. The van der Waals surface area contributed by atoms with Gasteiger partial charge in [0, 0.05) is 32.3 Å². The second-order valence-electron chi connectivity index (χ2n) is 4.81. The van der Waals surface area contributed by atoms with Gasteiger partial charge in [-0.2, -0.15) is 5.10 Å². The fraction of sp³-hybridized carbons (Fsp3) is 0.400. The number of pyridine rings is 1. The van der Waals surface area contributed by atoms with Crippen LogP contribution in [0.5, 0.6) is 5.88 Å². The zero-order valence-electron chi connectivity index (χ0n) is 12.8. The first-order valence-electron chi connectivity index (χ1n) is 7.04. The first-order chi connectivity index (χ1) is 10.7. The first-order valence-corrected chi connectivity index (χ1v) is 7.04. The molecule has 0 aliphatic rings. The van der Waals surface area contributed by atoms with Gasteiger partial charge in [0.25, 0.3) is 0 Å². The van der Waals surface area contributed by atoms with E-state index in [9.17, 15) is 4.79 Å². The van der Waals surface area contributed by atoms with Crippen LogP contribution >= 0.6 is 0 Å². The lowest BCUT2D eigenvalue weighted by molar-refractivity contribution is -0.116. The van der Waals surface area contributed by atoms with Crippen LogP contribution in [0.2, 0.25) is 0 Å². The number of hydrogen-bond acceptors (Lipinski definition) is 5. The Morgan fingerprint density at radius 3 is 2.82 bits per heavy atom. The third-order valence-corrected chi connectivity index (χ3v) is 2.89. The number of nitrogens with zero attached hydrogens (tertiary/aromatic N) is 3. The normalized spacial score (nSPS) is 10.5. The molecule has 1 N–H and O–H groups in total. The highest BCUT2D eigenvalue weighted by Crippen LogP contribution is 2.12. The highest BCUT2D eigenvalue weighted by Gasteiger charge is 2.04. The number of carbonyl (C=O) groups is 1. The second-order valence-corrected chi connectivity index (χ2v) is 4.81. The van der Waals surface area contributed by atoms with E-state index >= 15 is 0 Å². The molecular formula is C15H20N4O3. The Bertz CT molecular complexity index is 595. The third-order valence-electron chi connectivity index (χ3n) is 2.89. The van der Waals surface area contributed by atoms with Gasteiger partial charge in [0.05, 0.1) is 24.7 Å². The molecule has 1 amide bonds. The summed E-state index contributed by atoms with van der Waals surface area (Å²) in [5.74, 6) is 0.421. The van der Waals surface area contributed by atoms with Crippen LogP contribution in [0.1, 0.15) is 12.0 Å². The Hall–Kier alpha value is -2.41. The number of hydrogen-bond donors (Lipinski definition) is 1. The van der Waals surface area contributed by atoms with Gasteiger partial charge in [0.2, 0.25) is 11.8 Å². The van der Waals surface area contributed by atoms with Gasteiger partial charge >= 0.3 is 0 Å². The average molecular weight is 304 g/mol. The molecule has 0 aromatic carbocycles. The van der Waals surface area contributed by atoms with E-state index in [-0.39, 0.29) is 5.91 Å². The molecule has 0 atom stereocenters. The molecule has 22 heavy (non-hydrogen) atoms. The molecule has 0 fully saturated rings. The fourth-order valence-corrected chi connectivity index (χ4v) is 1.80. The van der Waals surface area contributed by atoms with Crippen molar-refractivity contribution in [3.63, 3.8) is 0 Å².